The van der Waals surface area contributed by atoms with Crippen LogP contribution in [-0.2, 0) is 42.9 Å². The van der Waals surface area contributed by atoms with Crippen LogP contribution in [0.3, 0.4) is 0 Å². The lowest BCUT2D eigenvalue weighted by atomic mass is 9.98. The van der Waals surface area contributed by atoms with Crippen LogP contribution in [-0.4, -0.2) is 129 Å². The first-order chi connectivity index (χ1) is 30.4. The fourth-order valence-electron chi connectivity index (χ4n) is 8.01. The number of unbranched alkanes of at least 4 members (excludes halogenated alkanes) is 20. The molecule has 0 aliphatic carbocycles. The monoisotopic (exact) mass is 903 g/mol. The van der Waals surface area contributed by atoms with E-state index in [0.717, 1.165) is 89.9 Å². The summed E-state index contributed by atoms with van der Waals surface area (Å²) in [5.74, 6) is -0.399. The molecule has 2 heterocycles. The number of hydrogen-bond acceptors (Lipinski definition) is 15. The lowest BCUT2D eigenvalue weighted by Gasteiger charge is -2.44. The van der Waals surface area contributed by atoms with E-state index in [1.807, 2.05) is 0 Å². The minimum absolute atomic E-state index is 0.127. The molecule has 0 unspecified atom stereocenters. The van der Waals surface area contributed by atoms with Crippen LogP contribution in [0.5, 0.6) is 0 Å². The molecular weight excluding hydrogens is 817 g/mol. The number of carbonyl (C=O) groups is 4. The molecule has 0 aromatic rings. The summed E-state index contributed by atoms with van der Waals surface area (Å²) >= 11 is 0. The standard InChI is InChI=1S/C48H86O15/c1-3-5-7-9-15-21-27-35(49)29-23-17-11-13-19-25-31-39(51)59-33-37-41(53)43(55)45(57)47(61-37)63-48-46(58)44(56)42(54)38(62-48)34-60-40(52)32-26-20-14-12-18-24-30-36(50)28-22-16-10-8-6-4-2/h37-38,41-48,53-58H,3-34H2,1-2H3/t37-,38+,41-,42+,43+,44-,45-,46+,47-,48+. The Kier molecular flexibility index (Phi) is 31.8. The third kappa shape index (κ3) is 24.9. The van der Waals surface area contributed by atoms with E-state index in [1.54, 1.807) is 0 Å². The summed E-state index contributed by atoms with van der Waals surface area (Å²) in [5.41, 5.74) is 0. The third-order valence-corrected chi connectivity index (χ3v) is 12.2. The van der Waals surface area contributed by atoms with Gasteiger partial charge in [0.15, 0.2) is 12.6 Å². The smallest absolute Gasteiger partial charge is 0.305 e. The topological polar surface area (TPSA) is 236 Å². The average molecular weight is 903 g/mol. The summed E-state index contributed by atoms with van der Waals surface area (Å²) in [5, 5.41) is 63.4. The zero-order valence-corrected chi connectivity index (χ0v) is 38.8. The highest BCUT2D eigenvalue weighted by Crippen LogP contribution is 2.29. The fourth-order valence-corrected chi connectivity index (χ4v) is 8.01. The van der Waals surface area contributed by atoms with Crippen LogP contribution >= 0.6 is 0 Å². The molecule has 63 heavy (non-hydrogen) atoms. The number of carbonyl (C=O) groups excluding carboxylic acids is 4. The van der Waals surface area contributed by atoms with E-state index in [4.69, 9.17) is 23.7 Å². The van der Waals surface area contributed by atoms with Crippen LogP contribution in [0.25, 0.3) is 0 Å². The van der Waals surface area contributed by atoms with Crippen LogP contribution in [0.2, 0.25) is 0 Å². The predicted molar refractivity (Wildman–Crippen MR) is 236 cm³/mol. The second-order valence-corrected chi connectivity index (χ2v) is 17.9. The van der Waals surface area contributed by atoms with Crippen LogP contribution in [0.1, 0.15) is 206 Å². The van der Waals surface area contributed by atoms with Crippen molar-refractivity contribution in [1.82, 2.24) is 0 Å². The van der Waals surface area contributed by atoms with Crippen molar-refractivity contribution in [3.05, 3.63) is 0 Å². The summed E-state index contributed by atoms with van der Waals surface area (Å²) in [6, 6.07) is 0. The molecule has 2 rings (SSSR count). The second-order valence-electron chi connectivity index (χ2n) is 17.9. The molecular formula is C48H86O15. The SMILES string of the molecule is CCCCCCCCC(=O)CCCCCCCCC(=O)OC[C@@H]1O[C@@H](O[C@H]2O[C@H](COC(=O)CCCCCCCCC(=O)CCCCCCCC)[C@@H](O)[C@H](O)[C@H]2O)[C@@H](O)[C@H](O)[C@H]1O. The summed E-state index contributed by atoms with van der Waals surface area (Å²) in [7, 11) is 0. The number of aliphatic hydroxyl groups is 6. The quantitative estimate of drug-likeness (QED) is 0.0283. The number of Topliss-reactive ketones (excluding diaryl/α,β-unsaturated/α-hetero) is 2. The zero-order valence-electron chi connectivity index (χ0n) is 38.8. The zero-order chi connectivity index (χ0) is 46.2. The molecule has 2 saturated heterocycles. The van der Waals surface area contributed by atoms with Crippen molar-refractivity contribution in [2.45, 2.75) is 268 Å². The molecule has 0 bridgehead atoms. The Morgan fingerprint density at radius 2 is 0.635 bits per heavy atom. The molecule has 0 aromatic carbocycles. The van der Waals surface area contributed by atoms with E-state index >= 15 is 0 Å². The average Bonchev–Trinajstić information content (AvgIpc) is 3.27. The fraction of sp³-hybridized carbons (Fsp3) is 0.917. The van der Waals surface area contributed by atoms with Gasteiger partial charge >= 0.3 is 11.9 Å². The number of rotatable bonds is 38. The number of ether oxygens (including phenoxy) is 5. The van der Waals surface area contributed by atoms with Gasteiger partial charge in [0.1, 0.15) is 73.6 Å². The Morgan fingerprint density at radius 3 is 0.937 bits per heavy atom. The van der Waals surface area contributed by atoms with Gasteiger partial charge < -0.3 is 54.3 Å². The van der Waals surface area contributed by atoms with Crippen LogP contribution in [0, 0.1) is 0 Å². The molecule has 2 aliphatic heterocycles. The van der Waals surface area contributed by atoms with Gasteiger partial charge in [0.25, 0.3) is 0 Å². The molecule has 15 heteroatoms. The Hall–Kier alpha value is -2.08. The van der Waals surface area contributed by atoms with Gasteiger partial charge in [0, 0.05) is 38.5 Å². The molecule has 0 aromatic heterocycles. The van der Waals surface area contributed by atoms with Crippen LogP contribution in [0.4, 0.5) is 0 Å². The minimum Gasteiger partial charge on any atom is -0.463 e. The molecule has 6 N–H and O–H groups in total. The summed E-state index contributed by atoms with van der Waals surface area (Å²) in [6.07, 6.45) is 10.5. The molecule has 0 saturated carbocycles. The predicted octanol–water partition coefficient (Wildman–Crippen LogP) is 6.59. The molecule has 368 valence electrons. The van der Waals surface area contributed by atoms with Crippen LogP contribution in [0.15, 0.2) is 0 Å². The number of ketones is 2. The second kappa shape index (κ2) is 35.2. The van der Waals surface area contributed by atoms with Crippen molar-refractivity contribution in [2.75, 3.05) is 13.2 Å². The van der Waals surface area contributed by atoms with Crippen molar-refractivity contribution >= 4 is 23.5 Å². The first-order valence-corrected chi connectivity index (χ1v) is 24.8. The third-order valence-electron chi connectivity index (χ3n) is 12.2. The van der Waals surface area contributed by atoms with Gasteiger partial charge in [-0.15, -0.1) is 0 Å². The maximum atomic E-state index is 12.5. The highest BCUT2D eigenvalue weighted by Gasteiger charge is 2.50. The minimum atomic E-state index is -1.83. The Balaban J connectivity index is 1.63. The Labute approximate surface area is 377 Å². The first-order valence-electron chi connectivity index (χ1n) is 24.8. The Morgan fingerprint density at radius 1 is 0.365 bits per heavy atom. The molecule has 2 fully saturated rings. The van der Waals surface area contributed by atoms with Crippen molar-refractivity contribution < 1.29 is 73.5 Å². The van der Waals surface area contributed by atoms with Gasteiger partial charge in [-0.05, 0) is 38.5 Å². The van der Waals surface area contributed by atoms with E-state index in [9.17, 15) is 49.8 Å². The number of aliphatic hydroxyl groups excluding tert-OH is 6. The maximum Gasteiger partial charge on any atom is 0.305 e. The van der Waals surface area contributed by atoms with E-state index < -0.39 is 86.6 Å². The van der Waals surface area contributed by atoms with Crippen LogP contribution < -0.4 is 0 Å². The van der Waals surface area contributed by atoms with E-state index in [0.29, 0.717) is 50.1 Å². The number of esters is 2. The Bertz CT molecular complexity index is 1130. The van der Waals surface area contributed by atoms with Gasteiger partial charge in [-0.2, -0.15) is 0 Å². The number of hydrogen-bond donors (Lipinski definition) is 6. The van der Waals surface area contributed by atoms with E-state index in [-0.39, 0.29) is 12.8 Å². The van der Waals surface area contributed by atoms with E-state index in [1.165, 1.54) is 51.4 Å². The van der Waals surface area contributed by atoms with Gasteiger partial charge in [-0.25, -0.2) is 0 Å². The highest BCUT2D eigenvalue weighted by molar-refractivity contribution is 5.78. The molecule has 2 aliphatic rings. The van der Waals surface area contributed by atoms with Crippen molar-refractivity contribution in [3.63, 3.8) is 0 Å². The van der Waals surface area contributed by atoms with Gasteiger partial charge in [-0.3, -0.25) is 19.2 Å². The molecule has 0 spiro atoms. The largest absolute Gasteiger partial charge is 0.463 e. The summed E-state index contributed by atoms with van der Waals surface area (Å²) in [6.45, 7) is 3.44. The lowest BCUT2D eigenvalue weighted by Crippen LogP contribution is -2.64. The molecule has 0 radical (unpaired) electrons. The highest BCUT2D eigenvalue weighted by atomic mass is 16.8. The van der Waals surface area contributed by atoms with Gasteiger partial charge in [0.05, 0.1) is 0 Å². The van der Waals surface area contributed by atoms with Crippen molar-refractivity contribution in [1.29, 1.82) is 0 Å². The van der Waals surface area contributed by atoms with Gasteiger partial charge in [-0.1, -0.05) is 129 Å². The van der Waals surface area contributed by atoms with Gasteiger partial charge in [0.2, 0.25) is 0 Å². The van der Waals surface area contributed by atoms with Crippen molar-refractivity contribution in [2.24, 2.45) is 0 Å². The maximum absolute atomic E-state index is 12.5. The first kappa shape index (κ1) is 57.0. The normalized spacial score (nSPS) is 26.1. The van der Waals surface area contributed by atoms with E-state index in [2.05, 4.69) is 13.8 Å². The molecule has 0 amide bonds. The summed E-state index contributed by atoms with van der Waals surface area (Å²) in [4.78, 5) is 49.1. The summed E-state index contributed by atoms with van der Waals surface area (Å²) < 4.78 is 27.4. The molecule has 15 nitrogen and oxygen atoms in total. The van der Waals surface area contributed by atoms with Crippen molar-refractivity contribution in [3.8, 4) is 0 Å². The lowest BCUT2D eigenvalue weighted by molar-refractivity contribution is -0.376. The molecule has 10 atom stereocenters.